The quantitative estimate of drug-likeness (QED) is 0.370. The highest BCUT2D eigenvalue weighted by Gasteiger charge is 2.38. The Labute approximate surface area is 208 Å². The van der Waals surface area contributed by atoms with E-state index in [2.05, 4.69) is 27.9 Å². The number of aromatic nitrogens is 3. The molecule has 178 valence electrons. The van der Waals surface area contributed by atoms with Crippen molar-refractivity contribution in [2.24, 2.45) is 0 Å². The van der Waals surface area contributed by atoms with Crippen molar-refractivity contribution in [3.8, 4) is 17.1 Å². The SMILES string of the molecule is CCOc1ccc(C2Nn3c(nnc3-c3ccccc3)SC2C(=O)Nc2ccccc2CC)cc1. The molecule has 1 aliphatic rings. The van der Waals surface area contributed by atoms with Gasteiger partial charge in [0.15, 0.2) is 5.82 Å². The van der Waals surface area contributed by atoms with E-state index in [4.69, 9.17) is 4.74 Å². The standard InChI is InChI=1S/C27H27N5O2S/c1-3-18-10-8-9-13-22(18)28-26(33)24-23(19-14-16-21(17-15-19)34-4-2)31-32-25(29-30-27(32)35-24)20-11-6-5-7-12-20/h5-17,23-24,31H,3-4H2,1-2H3,(H,28,33). The van der Waals surface area contributed by atoms with Crippen molar-refractivity contribution < 1.29 is 9.53 Å². The molecule has 8 heteroatoms. The van der Waals surface area contributed by atoms with Crippen LogP contribution in [0.3, 0.4) is 0 Å². The smallest absolute Gasteiger partial charge is 0.240 e. The minimum atomic E-state index is -0.460. The third kappa shape index (κ3) is 4.74. The summed E-state index contributed by atoms with van der Waals surface area (Å²) in [6.07, 6.45) is 0.837. The molecule has 0 spiro atoms. The van der Waals surface area contributed by atoms with Crippen LogP contribution in [0.5, 0.6) is 5.75 Å². The maximum atomic E-state index is 13.6. The molecule has 0 saturated heterocycles. The van der Waals surface area contributed by atoms with Crippen LogP contribution < -0.4 is 15.5 Å². The molecule has 5 rings (SSSR count). The van der Waals surface area contributed by atoms with Crippen molar-refractivity contribution in [2.45, 2.75) is 36.7 Å². The van der Waals surface area contributed by atoms with E-state index in [0.717, 1.165) is 34.5 Å². The van der Waals surface area contributed by atoms with Crippen molar-refractivity contribution in [1.29, 1.82) is 0 Å². The highest BCUT2D eigenvalue weighted by molar-refractivity contribution is 8.00. The Kier molecular flexibility index (Phi) is 6.72. The molecule has 1 aromatic heterocycles. The van der Waals surface area contributed by atoms with Crippen LogP contribution in [0.4, 0.5) is 5.69 Å². The van der Waals surface area contributed by atoms with E-state index in [0.29, 0.717) is 17.6 Å². The number of benzene rings is 3. The first-order valence-corrected chi connectivity index (χ1v) is 12.6. The summed E-state index contributed by atoms with van der Waals surface area (Å²) in [5.74, 6) is 1.42. The van der Waals surface area contributed by atoms with Crippen LogP contribution in [0, 0.1) is 0 Å². The molecule has 0 fully saturated rings. The van der Waals surface area contributed by atoms with E-state index in [1.54, 1.807) is 0 Å². The van der Waals surface area contributed by atoms with E-state index >= 15 is 0 Å². The predicted octanol–water partition coefficient (Wildman–Crippen LogP) is 5.30. The second-order valence-electron chi connectivity index (χ2n) is 8.15. The minimum Gasteiger partial charge on any atom is -0.494 e. The third-order valence-corrected chi connectivity index (χ3v) is 7.15. The molecule has 7 nitrogen and oxygen atoms in total. The molecule has 35 heavy (non-hydrogen) atoms. The molecular weight excluding hydrogens is 458 g/mol. The number of ether oxygens (including phenoxy) is 1. The number of nitrogens with zero attached hydrogens (tertiary/aromatic N) is 3. The summed E-state index contributed by atoms with van der Waals surface area (Å²) in [5, 5.41) is 12.1. The second-order valence-corrected chi connectivity index (χ2v) is 9.26. The minimum absolute atomic E-state index is 0.0854. The van der Waals surface area contributed by atoms with Gasteiger partial charge in [0.25, 0.3) is 0 Å². The summed E-state index contributed by atoms with van der Waals surface area (Å²) in [6.45, 7) is 4.64. The molecule has 0 saturated carbocycles. The summed E-state index contributed by atoms with van der Waals surface area (Å²) < 4.78 is 7.50. The van der Waals surface area contributed by atoms with E-state index in [9.17, 15) is 4.79 Å². The lowest BCUT2D eigenvalue weighted by molar-refractivity contribution is -0.116. The number of aryl methyl sites for hydroxylation is 1. The Hall–Kier alpha value is -3.78. The number of carbonyl (C=O) groups excluding carboxylic acids is 1. The van der Waals surface area contributed by atoms with Gasteiger partial charge < -0.3 is 15.5 Å². The number of anilines is 1. The number of hydrogen-bond donors (Lipinski definition) is 2. The molecule has 1 amide bonds. The van der Waals surface area contributed by atoms with Crippen molar-refractivity contribution in [1.82, 2.24) is 14.9 Å². The van der Waals surface area contributed by atoms with Crippen molar-refractivity contribution >= 4 is 23.4 Å². The summed E-state index contributed by atoms with van der Waals surface area (Å²) in [4.78, 5) is 13.6. The third-order valence-electron chi connectivity index (χ3n) is 5.93. The maximum absolute atomic E-state index is 13.6. The van der Waals surface area contributed by atoms with Gasteiger partial charge in [0.05, 0.1) is 12.6 Å². The first kappa shape index (κ1) is 23.0. The molecule has 2 unspecified atom stereocenters. The Balaban J connectivity index is 1.50. The van der Waals surface area contributed by atoms with Crippen molar-refractivity contribution in [3.05, 3.63) is 90.0 Å². The Morgan fingerprint density at radius 1 is 1.00 bits per heavy atom. The number of carbonyl (C=O) groups is 1. The average Bonchev–Trinajstić information content (AvgIpc) is 3.32. The molecule has 1 aliphatic heterocycles. The summed E-state index contributed by atoms with van der Waals surface area (Å²) >= 11 is 1.41. The lowest BCUT2D eigenvalue weighted by Crippen LogP contribution is -2.41. The van der Waals surface area contributed by atoms with Gasteiger partial charge >= 0.3 is 0 Å². The van der Waals surface area contributed by atoms with Gasteiger partial charge in [-0.25, -0.2) is 4.68 Å². The Morgan fingerprint density at radius 3 is 2.49 bits per heavy atom. The van der Waals surface area contributed by atoms with Crippen LogP contribution in [0.25, 0.3) is 11.4 Å². The Bertz CT molecular complexity index is 1310. The van der Waals surface area contributed by atoms with Gasteiger partial charge in [0.1, 0.15) is 11.0 Å². The number of thioether (sulfide) groups is 1. The van der Waals surface area contributed by atoms with Gasteiger partial charge in [0, 0.05) is 11.3 Å². The molecule has 0 bridgehead atoms. The lowest BCUT2D eigenvalue weighted by Gasteiger charge is -2.33. The monoisotopic (exact) mass is 485 g/mol. The molecule has 4 aromatic rings. The lowest BCUT2D eigenvalue weighted by atomic mass is 10.0. The van der Waals surface area contributed by atoms with Gasteiger partial charge in [0.2, 0.25) is 11.1 Å². The predicted molar refractivity (Wildman–Crippen MR) is 139 cm³/mol. The first-order valence-electron chi connectivity index (χ1n) is 11.7. The summed E-state index contributed by atoms with van der Waals surface area (Å²) in [5.41, 5.74) is 7.39. The number of nitrogens with one attached hydrogen (secondary N) is 2. The molecule has 0 aliphatic carbocycles. The van der Waals surface area contributed by atoms with Gasteiger partial charge in [-0.3, -0.25) is 4.79 Å². The van der Waals surface area contributed by atoms with Crippen LogP contribution in [0.15, 0.2) is 84.0 Å². The summed E-state index contributed by atoms with van der Waals surface area (Å²) in [7, 11) is 0. The highest BCUT2D eigenvalue weighted by Crippen LogP contribution is 2.39. The molecule has 2 atom stereocenters. The van der Waals surface area contributed by atoms with Gasteiger partial charge in [-0.1, -0.05) is 79.3 Å². The maximum Gasteiger partial charge on any atom is 0.240 e. The zero-order valence-electron chi connectivity index (χ0n) is 19.6. The van der Waals surface area contributed by atoms with Crippen LogP contribution in [-0.4, -0.2) is 32.6 Å². The molecule has 3 aromatic carbocycles. The van der Waals surface area contributed by atoms with Crippen LogP contribution in [0.2, 0.25) is 0 Å². The number of amides is 1. The first-order chi connectivity index (χ1) is 17.2. The van der Waals surface area contributed by atoms with Crippen LogP contribution >= 0.6 is 11.8 Å². The van der Waals surface area contributed by atoms with Crippen LogP contribution in [-0.2, 0) is 11.2 Å². The van der Waals surface area contributed by atoms with E-state index in [-0.39, 0.29) is 11.9 Å². The zero-order chi connectivity index (χ0) is 24.2. The van der Waals surface area contributed by atoms with Gasteiger partial charge in [-0.2, -0.15) is 0 Å². The molecule has 0 radical (unpaired) electrons. The van der Waals surface area contributed by atoms with E-state index in [1.165, 1.54) is 11.8 Å². The largest absolute Gasteiger partial charge is 0.494 e. The fourth-order valence-electron chi connectivity index (χ4n) is 4.17. The average molecular weight is 486 g/mol. The topological polar surface area (TPSA) is 81.1 Å². The fraction of sp³-hybridized carbons (Fsp3) is 0.222. The number of hydrogen-bond acceptors (Lipinski definition) is 6. The fourth-order valence-corrected chi connectivity index (χ4v) is 5.25. The van der Waals surface area contributed by atoms with Crippen molar-refractivity contribution in [2.75, 3.05) is 17.3 Å². The van der Waals surface area contributed by atoms with Gasteiger partial charge in [-0.05, 0) is 42.7 Å². The second kappa shape index (κ2) is 10.2. The van der Waals surface area contributed by atoms with E-state index in [1.807, 2.05) is 90.5 Å². The summed E-state index contributed by atoms with van der Waals surface area (Å²) in [6, 6.07) is 25.4. The molecule has 2 heterocycles. The van der Waals surface area contributed by atoms with Gasteiger partial charge in [-0.15, -0.1) is 10.2 Å². The molecule has 2 N–H and O–H groups in total. The van der Waals surface area contributed by atoms with E-state index < -0.39 is 5.25 Å². The number of fused-ring (bicyclic) bond motifs is 1. The highest BCUT2D eigenvalue weighted by atomic mass is 32.2. The number of para-hydroxylation sites is 1. The van der Waals surface area contributed by atoms with Crippen molar-refractivity contribution in [3.63, 3.8) is 0 Å². The zero-order valence-corrected chi connectivity index (χ0v) is 20.5. The molecular formula is C27H27N5O2S. The van der Waals surface area contributed by atoms with Crippen LogP contribution in [0.1, 0.15) is 31.0 Å². The normalized spacial score (nSPS) is 16.7. The Morgan fingerprint density at radius 2 is 1.74 bits per heavy atom. The number of rotatable bonds is 7.